The maximum atomic E-state index is 12.9. The van der Waals surface area contributed by atoms with E-state index < -0.39 is 0 Å². The van der Waals surface area contributed by atoms with Gasteiger partial charge in [0.25, 0.3) is 0 Å². The molecule has 0 radical (unpaired) electrons. The molecule has 5 heteroatoms. The van der Waals surface area contributed by atoms with Crippen molar-refractivity contribution in [3.63, 3.8) is 0 Å². The highest BCUT2D eigenvalue weighted by Gasteiger charge is 2.13. The summed E-state index contributed by atoms with van der Waals surface area (Å²) in [4.78, 5) is 2.32. The van der Waals surface area contributed by atoms with Gasteiger partial charge in [-0.1, -0.05) is 0 Å². The molecule has 0 amide bonds. The molecule has 0 bridgehead atoms. The standard InChI is InChI=1S/C16H20FN3O/c1-19-8-10-20(11-9-19)18-12-15-6-7-16(21-15)13-2-4-14(17)5-3-13/h2-7,18H,8-12H2,1H3. The summed E-state index contributed by atoms with van der Waals surface area (Å²) >= 11 is 0. The summed E-state index contributed by atoms with van der Waals surface area (Å²) in [7, 11) is 2.14. The van der Waals surface area contributed by atoms with Crippen LogP contribution in [0.5, 0.6) is 0 Å². The Balaban J connectivity index is 1.56. The largest absolute Gasteiger partial charge is 0.460 e. The number of benzene rings is 1. The number of nitrogens with one attached hydrogen (secondary N) is 1. The van der Waals surface area contributed by atoms with Gasteiger partial charge in [-0.3, -0.25) is 0 Å². The maximum Gasteiger partial charge on any atom is 0.134 e. The maximum absolute atomic E-state index is 12.9. The molecular formula is C16H20FN3O. The van der Waals surface area contributed by atoms with Crippen LogP contribution in [-0.2, 0) is 6.54 Å². The van der Waals surface area contributed by atoms with Crippen LogP contribution in [0.3, 0.4) is 0 Å². The van der Waals surface area contributed by atoms with E-state index in [4.69, 9.17) is 4.42 Å². The SMILES string of the molecule is CN1CCN(NCc2ccc(-c3ccc(F)cc3)o2)CC1. The van der Waals surface area contributed by atoms with Crippen LogP contribution in [0.2, 0.25) is 0 Å². The first-order valence-electron chi connectivity index (χ1n) is 7.22. The third-order valence-electron chi connectivity index (χ3n) is 3.77. The highest BCUT2D eigenvalue weighted by atomic mass is 19.1. The number of furan rings is 1. The molecule has 1 N–H and O–H groups in total. The van der Waals surface area contributed by atoms with Gasteiger partial charge >= 0.3 is 0 Å². The topological polar surface area (TPSA) is 31.6 Å². The van der Waals surface area contributed by atoms with Crippen LogP contribution in [0.15, 0.2) is 40.8 Å². The van der Waals surface area contributed by atoms with Gasteiger partial charge in [-0.15, -0.1) is 0 Å². The molecular weight excluding hydrogens is 269 g/mol. The fourth-order valence-corrected chi connectivity index (χ4v) is 2.40. The Morgan fingerprint density at radius 3 is 2.48 bits per heavy atom. The second-order valence-corrected chi connectivity index (χ2v) is 5.40. The number of hydrazine groups is 1. The third-order valence-corrected chi connectivity index (χ3v) is 3.77. The van der Waals surface area contributed by atoms with Crippen molar-refractivity contribution >= 4 is 0 Å². The molecule has 1 fully saturated rings. The molecule has 0 unspecified atom stereocenters. The van der Waals surface area contributed by atoms with Crippen LogP contribution in [0.25, 0.3) is 11.3 Å². The van der Waals surface area contributed by atoms with E-state index in [0.717, 1.165) is 43.3 Å². The predicted molar refractivity (Wildman–Crippen MR) is 80.0 cm³/mol. The van der Waals surface area contributed by atoms with Crippen molar-refractivity contribution in [3.8, 4) is 11.3 Å². The van der Waals surface area contributed by atoms with Gasteiger partial charge in [0.1, 0.15) is 17.3 Å². The van der Waals surface area contributed by atoms with Crippen molar-refractivity contribution in [1.82, 2.24) is 15.3 Å². The van der Waals surface area contributed by atoms with Gasteiger partial charge in [-0.2, -0.15) is 0 Å². The van der Waals surface area contributed by atoms with Crippen LogP contribution < -0.4 is 5.43 Å². The molecule has 0 aliphatic carbocycles. The Morgan fingerprint density at radius 2 is 1.76 bits per heavy atom. The van der Waals surface area contributed by atoms with Crippen molar-refractivity contribution in [2.45, 2.75) is 6.54 Å². The van der Waals surface area contributed by atoms with Gasteiger partial charge in [0.2, 0.25) is 0 Å². The van der Waals surface area contributed by atoms with Crippen molar-refractivity contribution in [3.05, 3.63) is 48.0 Å². The highest BCUT2D eigenvalue weighted by Crippen LogP contribution is 2.22. The van der Waals surface area contributed by atoms with Gasteiger partial charge < -0.3 is 9.32 Å². The number of halogens is 1. The average molecular weight is 289 g/mol. The fraction of sp³-hybridized carbons (Fsp3) is 0.375. The molecule has 1 aliphatic rings. The van der Waals surface area contributed by atoms with Gasteiger partial charge in [0, 0.05) is 31.7 Å². The van der Waals surface area contributed by atoms with Crippen LogP contribution >= 0.6 is 0 Å². The molecule has 1 aromatic heterocycles. The molecule has 0 atom stereocenters. The van der Waals surface area contributed by atoms with Crippen LogP contribution in [0.4, 0.5) is 4.39 Å². The first-order chi connectivity index (χ1) is 10.2. The molecule has 3 rings (SSSR count). The van der Waals surface area contributed by atoms with Gasteiger partial charge in [-0.05, 0) is 43.4 Å². The lowest BCUT2D eigenvalue weighted by Crippen LogP contribution is -2.50. The molecule has 0 saturated carbocycles. The minimum absolute atomic E-state index is 0.234. The van der Waals surface area contributed by atoms with E-state index in [1.54, 1.807) is 12.1 Å². The molecule has 0 spiro atoms. The Hall–Kier alpha value is -1.69. The minimum atomic E-state index is -0.234. The van der Waals surface area contributed by atoms with Crippen LogP contribution in [0.1, 0.15) is 5.76 Å². The second-order valence-electron chi connectivity index (χ2n) is 5.40. The van der Waals surface area contributed by atoms with Crippen LogP contribution in [0, 0.1) is 5.82 Å². The molecule has 2 aromatic rings. The Kier molecular flexibility index (Phi) is 4.34. The number of rotatable bonds is 4. The van der Waals surface area contributed by atoms with Gasteiger partial charge in [0.05, 0.1) is 6.54 Å². The summed E-state index contributed by atoms with van der Waals surface area (Å²) in [5.74, 6) is 1.42. The summed E-state index contributed by atoms with van der Waals surface area (Å²) in [5.41, 5.74) is 4.28. The molecule has 1 aromatic carbocycles. The van der Waals surface area contributed by atoms with Gasteiger partial charge in [0.15, 0.2) is 0 Å². The molecule has 21 heavy (non-hydrogen) atoms. The summed E-state index contributed by atoms with van der Waals surface area (Å²) < 4.78 is 18.7. The van der Waals surface area contributed by atoms with Crippen molar-refractivity contribution in [2.24, 2.45) is 0 Å². The van der Waals surface area contributed by atoms with Crippen molar-refractivity contribution < 1.29 is 8.81 Å². The van der Waals surface area contributed by atoms with E-state index >= 15 is 0 Å². The van der Waals surface area contributed by atoms with E-state index in [0.29, 0.717) is 6.54 Å². The number of hydrogen-bond donors (Lipinski definition) is 1. The first kappa shape index (κ1) is 14.3. The monoisotopic (exact) mass is 289 g/mol. The molecule has 1 aliphatic heterocycles. The number of likely N-dealkylation sites (N-methyl/N-ethyl adjacent to an activating group) is 1. The Bertz CT molecular complexity index is 573. The number of piperazine rings is 1. The summed E-state index contributed by atoms with van der Waals surface area (Å²) in [6.07, 6.45) is 0. The Morgan fingerprint density at radius 1 is 1.05 bits per heavy atom. The molecule has 4 nitrogen and oxygen atoms in total. The first-order valence-corrected chi connectivity index (χ1v) is 7.22. The van der Waals surface area contributed by atoms with Crippen LogP contribution in [-0.4, -0.2) is 43.1 Å². The van der Waals surface area contributed by atoms with Crippen molar-refractivity contribution in [1.29, 1.82) is 0 Å². The summed E-state index contributed by atoms with van der Waals surface area (Å²) in [6.45, 7) is 4.85. The predicted octanol–water partition coefficient (Wildman–Crippen LogP) is 2.34. The summed E-state index contributed by atoms with van der Waals surface area (Å²) in [6, 6.07) is 10.2. The van der Waals surface area contributed by atoms with Crippen molar-refractivity contribution in [2.75, 3.05) is 33.2 Å². The van der Waals surface area contributed by atoms with E-state index in [9.17, 15) is 4.39 Å². The highest BCUT2D eigenvalue weighted by molar-refractivity contribution is 5.57. The number of nitrogens with zero attached hydrogens (tertiary/aromatic N) is 2. The quantitative estimate of drug-likeness (QED) is 0.936. The lowest BCUT2D eigenvalue weighted by molar-refractivity contribution is 0.0992. The average Bonchev–Trinajstić information content (AvgIpc) is 2.96. The Labute approximate surface area is 124 Å². The molecule has 112 valence electrons. The lowest BCUT2D eigenvalue weighted by Gasteiger charge is -2.32. The minimum Gasteiger partial charge on any atom is -0.460 e. The number of hydrogen-bond acceptors (Lipinski definition) is 4. The smallest absolute Gasteiger partial charge is 0.134 e. The normalized spacial score (nSPS) is 17.2. The lowest BCUT2D eigenvalue weighted by atomic mass is 10.2. The van der Waals surface area contributed by atoms with E-state index in [1.165, 1.54) is 12.1 Å². The second kappa shape index (κ2) is 6.39. The zero-order chi connectivity index (χ0) is 14.7. The third kappa shape index (κ3) is 3.69. The zero-order valence-corrected chi connectivity index (χ0v) is 12.2. The molecule has 1 saturated heterocycles. The van der Waals surface area contributed by atoms with E-state index in [-0.39, 0.29) is 5.82 Å². The molecule has 2 heterocycles. The van der Waals surface area contributed by atoms with Gasteiger partial charge in [-0.25, -0.2) is 14.8 Å². The fourth-order valence-electron chi connectivity index (χ4n) is 2.40. The van der Waals surface area contributed by atoms with E-state index in [2.05, 4.69) is 22.4 Å². The summed E-state index contributed by atoms with van der Waals surface area (Å²) in [5, 5.41) is 2.22. The van der Waals surface area contributed by atoms with E-state index in [1.807, 2.05) is 12.1 Å². The zero-order valence-electron chi connectivity index (χ0n) is 12.2.